The Kier molecular flexibility index (Phi) is 3.49. The Morgan fingerprint density at radius 3 is 2.80 bits per heavy atom. The van der Waals surface area contributed by atoms with Crippen molar-refractivity contribution in [3.63, 3.8) is 0 Å². The summed E-state index contributed by atoms with van der Waals surface area (Å²) in [6.45, 7) is 2.22. The lowest BCUT2D eigenvalue weighted by molar-refractivity contribution is 0.0532. The molecule has 0 atom stereocenters. The molecule has 0 aliphatic heterocycles. The summed E-state index contributed by atoms with van der Waals surface area (Å²) in [5.41, 5.74) is 0. The van der Waals surface area contributed by atoms with Crippen molar-refractivity contribution in [3.05, 3.63) is 19.2 Å². The number of halogens is 2. The molecule has 0 aliphatic carbocycles. The van der Waals surface area contributed by atoms with Crippen LogP contribution < -0.4 is 0 Å². The van der Waals surface area contributed by atoms with Crippen LogP contribution in [0.1, 0.15) is 16.6 Å². The van der Waals surface area contributed by atoms with Crippen LogP contribution in [0.2, 0.25) is 0 Å². The van der Waals surface area contributed by atoms with Gasteiger partial charge in [-0.15, -0.1) is 22.7 Å². The normalized spacial score (nSPS) is 10.9. The number of hydrogen-bond donors (Lipinski definition) is 0. The van der Waals surface area contributed by atoms with Gasteiger partial charge in [-0.05, 0) is 44.8 Å². The number of carbonyl (C=O) groups excluding carboxylic acids is 1. The van der Waals surface area contributed by atoms with Gasteiger partial charge in [0.25, 0.3) is 0 Å². The lowest BCUT2D eigenvalue weighted by Crippen LogP contribution is -2.01. The molecule has 0 aromatic carbocycles. The quantitative estimate of drug-likeness (QED) is 0.719. The Hall–Kier alpha value is 0.0900. The third kappa shape index (κ3) is 2.13. The van der Waals surface area contributed by atoms with Crippen molar-refractivity contribution in [1.82, 2.24) is 0 Å². The molecular formula is C9H6Br2O2S2. The van der Waals surface area contributed by atoms with Crippen molar-refractivity contribution < 1.29 is 9.53 Å². The third-order valence-electron chi connectivity index (χ3n) is 1.77. The number of rotatable bonds is 2. The van der Waals surface area contributed by atoms with E-state index in [-0.39, 0.29) is 5.97 Å². The molecule has 0 fully saturated rings. The fourth-order valence-corrected chi connectivity index (χ4v) is 5.09. The zero-order chi connectivity index (χ0) is 11.0. The second kappa shape index (κ2) is 4.53. The van der Waals surface area contributed by atoms with Crippen molar-refractivity contribution >= 4 is 69.9 Å². The first kappa shape index (κ1) is 11.6. The Bertz CT molecular complexity index is 515. The third-order valence-corrected chi connectivity index (χ3v) is 6.46. The van der Waals surface area contributed by atoms with Crippen molar-refractivity contribution in [1.29, 1.82) is 0 Å². The van der Waals surface area contributed by atoms with E-state index < -0.39 is 0 Å². The summed E-state index contributed by atoms with van der Waals surface area (Å²) >= 11 is 9.99. The first-order valence-corrected chi connectivity index (χ1v) is 7.39. The van der Waals surface area contributed by atoms with Gasteiger partial charge in [0.1, 0.15) is 4.88 Å². The van der Waals surface area contributed by atoms with Gasteiger partial charge in [-0.25, -0.2) is 4.79 Å². The number of thiophene rings is 2. The van der Waals surface area contributed by atoms with Crippen LogP contribution in [0.25, 0.3) is 9.40 Å². The Morgan fingerprint density at radius 2 is 2.20 bits per heavy atom. The van der Waals surface area contributed by atoms with Gasteiger partial charge >= 0.3 is 5.97 Å². The molecule has 0 saturated carbocycles. The average Bonchev–Trinajstić information content (AvgIpc) is 2.70. The zero-order valence-electron chi connectivity index (χ0n) is 7.67. The molecule has 0 aliphatic rings. The van der Waals surface area contributed by atoms with E-state index in [1.807, 2.05) is 6.07 Å². The van der Waals surface area contributed by atoms with E-state index in [2.05, 4.69) is 31.9 Å². The molecule has 0 spiro atoms. The SMILES string of the molecule is CCOC(=O)c1cc2c(Br)c(Br)sc2s1. The van der Waals surface area contributed by atoms with Gasteiger partial charge in [0, 0.05) is 5.39 Å². The van der Waals surface area contributed by atoms with E-state index in [9.17, 15) is 4.79 Å². The maximum absolute atomic E-state index is 11.5. The van der Waals surface area contributed by atoms with Crippen molar-refractivity contribution in [2.75, 3.05) is 6.61 Å². The van der Waals surface area contributed by atoms with Gasteiger partial charge in [-0.1, -0.05) is 0 Å². The molecular weight excluding hydrogens is 364 g/mol. The highest BCUT2D eigenvalue weighted by atomic mass is 79.9. The molecule has 2 nitrogen and oxygen atoms in total. The summed E-state index contributed by atoms with van der Waals surface area (Å²) in [7, 11) is 0. The lowest BCUT2D eigenvalue weighted by atomic mass is 10.4. The smallest absolute Gasteiger partial charge is 0.348 e. The van der Waals surface area contributed by atoms with Crippen molar-refractivity contribution in [3.8, 4) is 0 Å². The minimum atomic E-state index is -0.242. The fourth-order valence-electron chi connectivity index (χ4n) is 1.14. The molecule has 15 heavy (non-hydrogen) atoms. The number of esters is 1. The highest BCUT2D eigenvalue weighted by molar-refractivity contribution is 9.13. The van der Waals surface area contributed by atoms with E-state index in [0.717, 1.165) is 17.7 Å². The number of fused-ring (bicyclic) bond motifs is 1. The molecule has 0 N–H and O–H groups in total. The van der Waals surface area contributed by atoms with Crippen LogP contribution in [0.4, 0.5) is 0 Å². The lowest BCUT2D eigenvalue weighted by Gasteiger charge is -1.96. The first-order chi connectivity index (χ1) is 7.13. The highest BCUT2D eigenvalue weighted by Gasteiger charge is 2.16. The highest BCUT2D eigenvalue weighted by Crippen LogP contribution is 2.43. The van der Waals surface area contributed by atoms with E-state index in [1.54, 1.807) is 18.3 Å². The van der Waals surface area contributed by atoms with E-state index >= 15 is 0 Å². The first-order valence-electron chi connectivity index (χ1n) is 4.18. The second-order valence-corrected chi connectivity index (χ2v) is 7.16. The van der Waals surface area contributed by atoms with Crippen LogP contribution in [-0.2, 0) is 4.74 Å². The molecule has 2 aromatic rings. The summed E-state index contributed by atoms with van der Waals surface area (Å²) in [5, 5.41) is 1.07. The van der Waals surface area contributed by atoms with Crippen LogP contribution in [0, 0.1) is 0 Å². The van der Waals surface area contributed by atoms with Gasteiger partial charge in [0.15, 0.2) is 0 Å². The summed E-state index contributed by atoms with van der Waals surface area (Å²) in [6, 6.07) is 1.86. The minimum absolute atomic E-state index is 0.242. The minimum Gasteiger partial charge on any atom is -0.462 e. The second-order valence-electron chi connectivity index (χ2n) is 2.72. The van der Waals surface area contributed by atoms with E-state index in [1.165, 1.54) is 11.3 Å². The topological polar surface area (TPSA) is 26.3 Å². The fraction of sp³-hybridized carbons (Fsp3) is 0.222. The average molecular weight is 370 g/mol. The number of carbonyl (C=O) groups is 1. The molecule has 0 saturated heterocycles. The summed E-state index contributed by atoms with van der Waals surface area (Å²) in [6.07, 6.45) is 0. The molecule has 2 rings (SSSR count). The molecule has 0 bridgehead atoms. The van der Waals surface area contributed by atoms with Crippen molar-refractivity contribution in [2.24, 2.45) is 0 Å². The van der Waals surface area contributed by atoms with Crippen LogP contribution >= 0.6 is 54.5 Å². The molecule has 2 heterocycles. The summed E-state index contributed by atoms with van der Waals surface area (Å²) in [4.78, 5) is 12.1. The number of hydrogen-bond acceptors (Lipinski definition) is 4. The van der Waals surface area contributed by atoms with Crippen LogP contribution in [0.3, 0.4) is 0 Å². The maximum Gasteiger partial charge on any atom is 0.348 e. The van der Waals surface area contributed by atoms with E-state index in [0.29, 0.717) is 11.5 Å². The molecule has 0 amide bonds. The van der Waals surface area contributed by atoms with Crippen LogP contribution in [0.15, 0.2) is 14.3 Å². The van der Waals surface area contributed by atoms with Gasteiger partial charge < -0.3 is 4.74 Å². The van der Waals surface area contributed by atoms with Crippen LogP contribution in [-0.4, -0.2) is 12.6 Å². The summed E-state index contributed by atoms with van der Waals surface area (Å²) in [5.74, 6) is -0.242. The largest absolute Gasteiger partial charge is 0.462 e. The number of ether oxygens (including phenoxy) is 1. The monoisotopic (exact) mass is 368 g/mol. The molecule has 80 valence electrons. The molecule has 2 aromatic heterocycles. The summed E-state index contributed by atoms with van der Waals surface area (Å²) < 4.78 is 8.13. The van der Waals surface area contributed by atoms with Crippen LogP contribution in [0.5, 0.6) is 0 Å². The van der Waals surface area contributed by atoms with Gasteiger partial charge in [-0.3, -0.25) is 0 Å². The Morgan fingerprint density at radius 1 is 1.47 bits per heavy atom. The molecule has 0 unspecified atom stereocenters. The molecule has 0 radical (unpaired) electrons. The Balaban J connectivity index is 2.44. The zero-order valence-corrected chi connectivity index (χ0v) is 12.5. The van der Waals surface area contributed by atoms with E-state index in [4.69, 9.17) is 4.74 Å². The van der Waals surface area contributed by atoms with Gasteiger partial charge in [-0.2, -0.15) is 0 Å². The predicted octanol–water partition coefficient (Wildman–Crippen LogP) is 4.66. The van der Waals surface area contributed by atoms with Gasteiger partial charge in [0.05, 0.1) is 18.9 Å². The maximum atomic E-state index is 11.5. The molecule has 6 heteroatoms. The van der Waals surface area contributed by atoms with Crippen molar-refractivity contribution in [2.45, 2.75) is 6.92 Å². The standard InChI is InChI=1S/C9H6Br2O2S2/c1-2-13-8(12)5-3-4-6(10)7(11)15-9(4)14-5/h3H,2H2,1H3. The Labute approximate surface area is 111 Å². The van der Waals surface area contributed by atoms with Gasteiger partial charge in [0.2, 0.25) is 0 Å². The predicted molar refractivity (Wildman–Crippen MR) is 71.1 cm³/mol.